The summed E-state index contributed by atoms with van der Waals surface area (Å²) in [6, 6.07) is 15.0. The van der Waals surface area contributed by atoms with Gasteiger partial charge in [0.25, 0.3) is 5.89 Å². The molecule has 1 heterocycles. The summed E-state index contributed by atoms with van der Waals surface area (Å²) in [5, 5.41) is 6.68. The second kappa shape index (κ2) is 6.95. The van der Waals surface area contributed by atoms with Crippen LogP contribution in [-0.2, 0) is 11.4 Å². The molecule has 0 fully saturated rings. The molecule has 1 amide bonds. The van der Waals surface area contributed by atoms with Crippen LogP contribution in [0.5, 0.6) is 5.75 Å². The van der Waals surface area contributed by atoms with E-state index in [2.05, 4.69) is 15.5 Å². The lowest BCUT2D eigenvalue weighted by molar-refractivity contribution is -0.114. The molecule has 0 atom stereocenters. The third kappa shape index (κ3) is 3.78. The molecule has 6 heteroatoms. The number of aromatic nitrogens is 2. The Hall–Kier alpha value is -3.15. The van der Waals surface area contributed by atoms with Gasteiger partial charge in [-0.25, -0.2) is 0 Å². The molecule has 0 aliphatic rings. The van der Waals surface area contributed by atoms with E-state index in [4.69, 9.17) is 9.26 Å². The number of amides is 1. The van der Waals surface area contributed by atoms with Crippen molar-refractivity contribution in [2.45, 2.75) is 20.5 Å². The molecule has 0 unspecified atom stereocenters. The van der Waals surface area contributed by atoms with Crippen molar-refractivity contribution in [3.8, 4) is 17.1 Å². The third-order valence-electron chi connectivity index (χ3n) is 3.33. The Balaban J connectivity index is 1.70. The number of aryl methyl sites for hydroxylation is 1. The van der Waals surface area contributed by atoms with Crippen LogP contribution in [0.1, 0.15) is 18.4 Å². The number of carbonyl (C=O) groups excluding carboxylic acids is 1. The molecule has 0 aliphatic carbocycles. The van der Waals surface area contributed by atoms with Crippen LogP contribution < -0.4 is 10.1 Å². The fraction of sp³-hybridized carbons (Fsp3) is 0.167. The minimum atomic E-state index is -0.162. The molecule has 1 N–H and O–H groups in total. The van der Waals surface area contributed by atoms with E-state index < -0.39 is 0 Å². The van der Waals surface area contributed by atoms with E-state index in [1.807, 2.05) is 43.3 Å². The molecule has 0 bridgehead atoms. The first-order valence-corrected chi connectivity index (χ1v) is 7.51. The minimum absolute atomic E-state index is 0.120. The second-order valence-corrected chi connectivity index (χ2v) is 5.34. The maximum absolute atomic E-state index is 11.2. The first-order chi connectivity index (χ1) is 11.6. The SMILES string of the molecule is CC(=O)Nc1ccccc1OCc1nc(-c2ccc(C)cc2)no1. The number of rotatable bonds is 5. The van der Waals surface area contributed by atoms with Gasteiger partial charge in [0.05, 0.1) is 5.69 Å². The van der Waals surface area contributed by atoms with Crippen molar-refractivity contribution in [3.05, 3.63) is 60.0 Å². The van der Waals surface area contributed by atoms with Crippen molar-refractivity contribution in [3.63, 3.8) is 0 Å². The van der Waals surface area contributed by atoms with Crippen molar-refractivity contribution >= 4 is 11.6 Å². The highest BCUT2D eigenvalue weighted by atomic mass is 16.5. The number of hydrogen-bond donors (Lipinski definition) is 1. The number of anilines is 1. The Kier molecular flexibility index (Phi) is 4.56. The van der Waals surface area contributed by atoms with Gasteiger partial charge in [0.15, 0.2) is 6.61 Å². The van der Waals surface area contributed by atoms with Gasteiger partial charge in [-0.05, 0) is 19.1 Å². The summed E-state index contributed by atoms with van der Waals surface area (Å²) in [6.07, 6.45) is 0. The topological polar surface area (TPSA) is 77.2 Å². The van der Waals surface area contributed by atoms with E-state index in [0.29, 0.717) is 23.2 Å². The van der Waals surface area contributed by atoms with Gasteiger partial charge in [-0.1, -0.05) is 47.1 Å². The molecule has 2 aromatic carbocycles. The highest BCUT2D eigenvalue weighted by Gasteiger charge is 2.11. The van der Waals surface area contributed by atoms with E-state index in [9.17, 15) is 4.79 Å². The van der Waals surface area contributed by atoms with Crippen LogP contribution in [0.2, 0.25) is 0 Å². The minimum Gasteiger partial charge on any atom is -0.482 e. The molecule has 0 spiro atoms. The summed E-state index contributed by atoms with van der Waals surface area (Å²) in [4.78, 5) is 15.5. The van der Waals surface area contributed by atoms with Crippen molar-refractivity contribution in [2.24, 2.45) is 0 Å². The molecule has 6 nitrogen and oxygen atoms in total. The van der Waals surface area contributed by atoms with Crippen molar-refractivity contribution < 1.29 is 14.1 Å². The van der Waals surface area contributed by atoms with Crippen molar-refractivity contribution in [2.75, 3.05) is 5.32 Å². The van der Waals surface area contributed by atoms with Gasteiger partial charge >= 0.3 is 0 Å². The Labute approximate surface area is 139 Å². The number of benzene rings is 2. The van der Waals surface area contributed by atoms with Crippen molar-refractivity contribution in [1.29, 1.82) is 0 Å². The first kappa shape index (κ1) is 15.7. The molecule has 122 valence electrons. The molecule has 0 saturated heterocycles. The van der Waals surface area contributed by atoms with E-state index in [1.165, 1.54) is 12.5 Å². The zero-order valence-corrected chi connectivity index (χ0v) is 13.4. The quantitative estimate of drug-likeness (QED) is 0.776. The number of nitrogens with zero attached hydrogens (tertiary/aromatic N) is 2. The maximum Gasteiger partial charge on any atom is 0.264 e. The largest absolute Gasteiger partial charge is 0.482 e. The molecule has 3 rings (SSSR count). The number of carbonyl (C=O) groups is 1. The summed E-state index contributed by atoms with van der Waals surface area (Å²) in [5.41, 5.74) is 2.65. The highest BCUT2D eigenvalue weighted by Crippen LogP contribution is 2.25. The lowest BCUT2D eigenvalue weighted by Crippen LogP contribution is -2.07. The van der Waals surface area contributed by atoms with Gasteiger partial charge in [-0.2, -0.15) is 4.98 Å². The van der Waals surface area contributed by atoms with Gasteiger partial charge < -0.3 is 14.6 Å². The number of ether oxygens (including phenoxy) is 1. The van der Waals surface area contributed by atoms with Crippen molar-refractivity contribution in [1.82, 2.24) is 10.1 Å². The molecule has 24 heavy (non-hydrogen) atoms. The lowest BCUT2D eigenvalue weighted by atomic mass is 10.1. The summed E-state index contributed by atoms with van der Waals surface area (Å²) in [5.74, 6) is 1.26. The van der Waals surface area contributed by atoms with Gasteiger partial charge in [-0.3, -0.25) is 4.79 Å². The third-order valence-corrected chi connectivity index (χ3v) is 3.33. The van der Waals surface area contributed by atoms with Crippen LogP contribution in [0.15, 0.2) is 53.1 Å². The Morgan fingerprint density at radius 1 is 1.17 bits per heavy atom. The average molecular weight is 323 g/mol. The Morgan fingerprint density at radius 2 is 1.92 bits per heavy atom. The fourth-order valence-electron chi connectivity index (χ4n) is 2.16. The molecular weight excluding hydrogens is 306 g/mol. The summed E-state index contributed by atoms with van der Waals surface area (Å²) in [7, 11) is 0. The molecule has 0 aliphatic heterocycles. The summed E-state index contributed by atoms with van der Waals surface area (Å²) >= 11 is 0. The Bertz CT molecular complexity index is 841. The van der Waals surface area contributed by atoms with E-state index >= 15 is 0 Å². The average Bonchev–Trinajstić information content (AvgIpc) is 3.03. The van der Waals surface area contributed by atoms with Crippen LogP contribution in [0.4, 0.5) is 5.69 Å². The highest BCUT2D eigenvalue weighted by molar-refractivity contribution is 5.90. The summed E-state index contributed by atoms with van der Waals surface area (Å²) < 4.78 is 10.9. The smallest absolute Gasteiger partial charge is 0.264 e. The fourth-order valence-corrected chi connectivity index (χ4v) is 2.16. The zero-order valence-electron chi connectivity index (χ0n) is 13.4. The standard InChI is InChI=1S/C18H17N3O3/c1-12-7-9-14(10-8-12)18-20-17(24-21-18)11-23-16-6-4-3-5-15(16)19-13(2)22/h3-10H,11H2,1-2H3,(H,19,22). The predicted octanol–water partition coefficient (Wildman–Crippen LogP) is 3.58. The normalized spacial score (nSPS) is 10.4. The second-order valence-electron chi connectivity index (χ2n) is 5.34. The lowest BCUT2D eigenvalue weighted by Gasteiger charge is -2.09. The van der Waals surface area contributed by atoms with E-state index in [0.717, 1.165) is 5.56 Å². The zero-order chi connectivity index (χ0) is 16.9. The van der Waals surface area contributed by atoms with Crippen LogP contribution in [0.25, 0.3) is 11.4 Å². The molecule has 3 aromatic rings. The monoisotopic (exact) mass is 323 g/mol. The van der Waals surface area contributed by atoms with Crippen LogP contribution in [0, 0.1) is 6.92 Å². The Morgan fingerprint density at radius 3 is 2.67 bits per heavy atom. The first-order valence-electron chi connectivity index (χ1n) is 7.51. The van der Waals surface area contributed by atoms with E-state index in [-0.39, 0.29) is 12.5 Å². The molecular formula is C18H17N3O3. The predicted molar refractivity (Wildman–Crippen MR) is 89.5 cm³/mol. The molecule has 1 aromatic heterocycles. The van der Waals surface area contributed by atoms with Gasteiger partial charge in [0, 0.05) is 12.5 Å². The molecule has 0 saturated carbocycles. The number of para-hydroxylation sites is 2. The van der Waals surface area contributed by atoms with Gasteiger partial charge in [0.2, 0.25) is 11.7 Å². The number of nitrogens with one attached hydrogen (secondary N) is 1. The summed E-state index contributed by atoms with van der Waals surface area (Å²) in [6.45, 7) is 3.59. The van der Waals surface area contributed by atoms with Crippen LogP contribution in [-0.4, -0.2) is 16.0 Å². The van der Waals surface area contributed by atoms with Crippen LogP contribution in [0.3, 0.4) is 0 Å². The van der Waals surface area contributed by atoms with E-state index in [1.54, 1.807) is 12.1 Å². The van der Waals surface area contributed by atoms with Gasteiger partial charge in [0.1, 0.15) is 5.75 Å². The molecule has 0 radical (unpaired) electrons. The van der Waals surface area contributed by atoms with Gasteiger partial charge in [-0.15, -0.1) is 0 Å². The van der Waals surface area contributed by atoms with Crippen LogP contribution >= 0.6 is 0 Å². The number of hydrogen-bond acceptors (Lipinski definition) is 5. The maximum atomic E-state index is 11.2.